The van der Waals surface area contributed by atoms with Crippen LogP contribution < -0.4 is 0 Å². The van der Waals surface area contributed by atoms with Gasteiger partial charge in [-0.2, -0.15) is 0 Å². The standard InChI is InChI=1S/C12H9Br2NS2/c13-7-3-1-4-8(14)11(7)15-9-5-2-6-10(9)17-12(15)16/h1,3-4H,2,5-6H2. The quantitative estimate of drug-likeness (QED) is 0.599. The molecule has 0 spiro atoms. The lowest BCUT2D eigenvalue weighted by Gasteiger charge is -2.11. The first-order valence-electron chi connectivity index (χ1n) is 5.36. The Morgan fingerprint density at radius 2 is 1.88 bits per heavy atom. The molecule has 1 aromatic carbocycles. The number of hydrogen-bond acceptors (Lipinski definition) is 2. The Morgan fingerprint density at radius 1 is 1.18 bits per heavy atom. The molecule has 1 aromatic heterocycles. The maximum absolute atomic E-state index is 5.50. The second kappa shape index (κ2) is 4.61. The molecular weight excluding hydrogens is 382 g/mol. The van der Waals surface area contributed by atoms with Crippen molar-refractivity contribution < 1.29 is 0 Å². The highest BCUT2D eigenvalue weighted by molar-refractivity contribution is 9.11. The first-order chi connectivity index (χ1) is 8.18. The van der Waals surface area contributed by atoms with Crippen LogP contribution in [0.3, 0.4) is 0 Å². The van der Waals surface area contributed by atoms with Crippen molar-refractivity contribution in [2.45, 2.75) is 19.3 Å². The third-order valence-corrected chi connectivity index (χ3v) is 5.72. The molecule has 0 bridgehead atoms. The molecule has 1 nitrogen and oxygen atoms in total. The minimum absolute atomic E-state index is 0.947. The summed E-state index contributed by atoms with van der Waals surface area (Å²) in [4.78, 5) is 1.46. The van der Waals surface area contributed by atoms with Crippen LogP contribution in [0.4, 0.5) is 0 Å². The topological polar surface area (TPSA) is 4.93 Å². The highest BCUT2D eigenvalue weighted by atomic mass is 79.9. The van der Waals surface area contributed by atoms with Crippen LogP contribution in [0.25, 0.3) is 5.69 Å². The fourth-order valence-electron chi connectivity index (χ4n) is 2.24. The minimum Gasteiger partial charge on any atom is -0.293 e. The van der Waals surface area contributed by atoms with Crippen molar-refractivity contribution in [1.82, 2.24) is 4.57 Å². The van der Waals surface area contributed by atoms with Gasteiger partial charge in [-0.3, -0.25) is 4.57 Å². The summed E-state index contributed by atoms with van der Waals surface area (Å²) >= 11 is 14.5. The largest absolute Gasteiger partial charge is 0.293 e. The van der Waals surface area contributed by atoms with Crippen LogP contribution in [-0.2, 0) is 12.8 Å². The number of thiazole rings is 1. The second-order valence-electron chi connectivity index (χ2n) is 4.00. The first-order valence-corrected chi connectivity index (χ1v) is 8.17. The monoisotopic (exact) mass is 389 g/mol. The number of aryl methyl sites for hydroxylation is 1. The molecule has 0 saturated carbocycles. The van der Waals surface area contributed by atoms with Crippen LogP contribution >= 0.6 is 55.4 Å². The average molecular weight is 391 g/mol. The van der Waals surface area contributed by atoms with Crippen molar-refractivity contribution in [3.05, 3.63) is 41.7 Å². The van der Waals surface area contributed by atoms with Gasteiger partial charge >= 0.3 is 0 Å². The Kier molecular flexibility index (Phi) is 3.28. The summed E-state index contributed by atoms with van der Waals surface area (Å²) in [5, 5.41) is 0. The van der Waals surface area contributed by atoms with Gasteiger partial charge in [-0.15, -0.1) is 11.3 Å². The molecule has 0 aliphatic heterocycles. The van der Waals surface area contributed by atoms with Crippen LogP contribution in [0.5, 0.6) is 0 Å². The average Bonchev–Trinajstić information content (AvgIpc) is 2.81. The van der Waals surface area contributed by atoms with Gasteiger partial charge in [-0.25, -0.2) is 0 Å². The predicted molar refractivity (Wildman–Crippen MR) is 81.9 cm³/mol. The van der Waals surface area contributed by atoms with Gasteiger partial charge in [0, 0.05) is 19.5 Å². The summed E-state index contributed by atoms with van der Waals surface area (Å²) in [6.45, 7) is 0. The van der Waals surface area contributed by atoms with Crippen molar-refractivity contribution in [2.75, 3.05) is 0 Å². The molecule has 0 amide bonds. The molecule has 0 N–H and O–H groups in total. The Balaban J connectivity index is 2.33. The Hall–Kier alpha value is 0.0300. The fourth-order valence-corrected chi connectivity index (χ4v) is 5.15. The zero-order valence-corrected chi connectivity index (χ0v) is 13.7. The molecule has 17 heavy (non-hydrogen) atoms. The van der Waals surface area contributed by atoms with Crippen molar-refractivity contribution >= 4 is 55.4 Å². The number of nitrogens with zero attached hydrogens (tertiary/aromatic N) is 1. The van der Waals surface area contributed by atoms with Gasteiger partial charge in [-0.1, -0.05) is 6.07 Å². The second-order valence-corrected chi connectivity index (χ2v) is 7.43. The van der Waals surface area contributed by atoms with Crippen molar-refractivity contribution in [1.29, 1.82) is 0 Å². The molecule has 2 aromatic rings. The summed E-state index contributed by atoms with van der Waals surface area (Å²) < 4.78 is 5.32. The molecule has 88 valence electrons. The SMILES string of the molecule is S=c1sc2c(n1-c1c(Br)cccc1Br)CCC2. The number of benzene rings is 1. The Labute approximate surface area is 126 Å². The van der Waals surface area contributed by atoms with Crippen molar-refractivity contribution in [2.24, 2.45) is 0 Å². The van der Waals surface area contributed by atoms with Gasteiger partial charge in [-0.05, 0) is 75.5 Å². The summed E-state index contributed by atoms with van der Waals surface area (Å²) in [5.74, 6) is 0. The third-order valence-electron chi connectivity index (χ3n) is 2.96. The molecule has 0 atom stereocenters. The number of fused-ring (bicyclic) bond motifs is 1. The van der Waals surface area contributed by atoms with Crippen LogP contribution in [0.1, 0.15) is 17.0 Å². The lowest BCUT2D eigenvalue weighted by molar-refractivity contribution is 0.861. The highest BCUT2D eigenvalue weighted by Crippen LogP contribution is 2.36. The minimum atomic E-state index is 0.947. The fraction of sp³-hybridized carbons (Fsp3) is 0.250. The number of para-hydroxylation sites is 1. The maximum atomic E-state index is 5.50. The van der Waals surface area contributed by atoms with E-state index >= 15 is 0 Å². The number of halogens is 2. The zero-order valence-electron chi connectivity index (χ0n) is 8.87. The lowest BCUT2D eigenvalue weighted by Crippen LogP contribution is -2.00. The van der Waals surface area contributed by atoms with E-state index in [9.17, 15) is 0 Å². The number of hydrogen-bond donors (Lipinski definition) is 0. The van der Waals surface area contributed by atoms with E-state index in [4.69, 9.17) is 12.2 Å². The van der Waals surface area contributed by atoms with Gasteiger partial charge in [0.1, 0.15) is 0 Å². The molecule has 1 aliphatic rings. The normalized spacial score (nSPS) is 14.0. The molecule has 1 heterocycles. The van der Waals surface area contributed by atoms with E-state index in [1.807, 2.05) is 6.07 Å². The van der Waals surface area contributed by atoms with Crippen LogP contribution in [0, 0.1) is 3.95 Å². The maximum Gasteiger partial charge on any atom is 0.166 e. The smallest absolute Gasteiger partial charge is 0.166 e. The molecule has 0 fully saturated rings. The van der Waals surface area contributed by atoms with Crippen LogP contribution in [0.15, 0.2) is 27.1 Å². The van der Waals surface area contributed by atoms with E-state index in [0.717, 1.165) is 25.0 Å². The molecule has 0 saturated heterocycles. The third kappa shape index (κ3) is 1.97. The zero-order chi connectivity index (χ0) is 12.0. The molecule has 0 unspecified atom stereocenters. The molecular formula is C12H9Br2NS2. The van der Waals surface area contributed by atoms with Gasteiger partial charge in [0.2, 0.25) is 0 Å². The predicted octanol–water partition coefficient (Wildman–Crippen LogP) is 5.28. The van der Waals surface area contributed by atoms with Crippen molar-refractivity contribution in [3.63, 3.8) is 0 Å². The summed E-state index contributed by atoms with van der Waals surface area (Å²) in [7, 11) is 0. The molecule has 1 aliphatic carbocycles. The van der Waals surface area contributed by atoms with Gasteiger partial charge in [0.15, 0.2) is 3.95 Å². The Morgan fingerprint density at radius 3 is 2.59 bits per heavy atom. The summed E-state index contributed by atoms with van der Waals surface area (Å²) in [6, 6.07) is 6.13. The van der Waals surface area contributed by atoms with Crippen molar-refractivity contribution in [3.8, 4) is 5.69 Å². The van der Waals surface area contributed by atoms with Crippen LogP contribution in [0.2, 0.25) is 0 Å². The Bertz CT molecular complexity index is 622. The molecule has 5 heteroatoms. The van der Waals surface area contributed by atoms with Gasteiger partial charge in [0.25, 0.3) is 0 Å². The van der Waals surface area contributed by atoms with E-state index in [1.165, 1.54) is 23.4 Å². The van der Waals surface area contributed by atoms with Gasteiger partial charge in [0.05, 0.1) is 5.69 Å². The summed E-state index contributed by atoms with van der Waals surface area (Å²) in [6.07, 6.45) is 3.56. The number of rotatable bonds is 1. The number of aromatic nitrogens is 1. The van der Waals surface area contributed by atoms with E-state index in [0.29, 0.717) is 0 Å². The van der Waals surface area contributed by atoms with Gasteiger partial charge < -0.3 is 0 Å². The van der Waals surface area contributed by atoms with E-state index < -0.39 is 0 Å². The van der Waals surface area contributed by atoms with E-state index in [1.54, 1.807) is 11.3 Å². The first kappa shape index (κ1) is 12.1. The molecule has 3 rings (SSSR count). The highest BCUT2D eigenvalue weighted by Gasteiger charge is 2.21. The summed E-state index contributed by atoms with van der Waals surface area (Å²) in [5.41, 5.74) is 2.53. The molecule has 0 radical (unpaired) electrons. The van der Waals surface area contributed by atoms with Crippen LogP contribution in [-0.4, -0.2) is 4.57 Å². The van der Waals surface area contributed by atoms with E-state index in [2.05, 4.69) is 48.6 Å². The lowest BCUT2D eigenvalue weighted by atomic mass is 10.3. The van der Waals surface area contributed by atoms with E-state index in [-0.39, 0.29) is 0 Å².